The first-order valence-corrected chi connectivity index (χ1v) is 11.5. The van der Waals surface area contributed by atoms with Gasteiger partial charge in [0.1, 0.15) is 12.2 Å². The Hall–Kier alpha value is -3.50. The molecule has 0 bridgehead atoms. The van der Waals surface area contributed by atoms with Crippen molar-refractivity contribution in [2.24, 2.45) is 0 Å². The number of hydrogen-bond donors (Lipinski definition) is 1. The lowest BCUT2D eigenvalue weighted by Crippen LogP contribution is -2.36. The summed E-state index contributed by atoms with van der Waals surface area (Å²) < 4.78 is 12.8. The van der Waals surface area contributed by atoms with Crippen LogP contribution in [0.15, 0.2) is 45.8 Å². The quantitative estimate of drug-likeness (QED) is 0.483. The molecule has 1 aliphatic rings. The van der Waals surface area contributed by atoms with Crippen LogP contribution in [0, 0.1) is 13.8 Å². The van der Waals surface area contributed by atoms with E-state index in [2.05, 4.69) is 20.3 Å². The second kappa shape index (κ2) is 8.80. The molecule has 1 aliphatic heterocycles. The number of nitrogens with one attached hydrogen (secondary N) is 1. The van der Waals surface area contributed by atoms with E-state index in [4.69, 9.17) is 9.15 Å². The lowest BCUT2D eigenvalue weighted by atomic mass is 10.1. The van der Waals surface area contributed by atoms with Crippen LogP contribution in [0.25, 0.3) is 21.7 Å². The number of thiazole rings is 1. The number of nitrogens with zero attached hydrogens (tertiary/aromatic N) is 4. The Kier molecular flexibility index (Phi) is 5.69. The van der Waals surface area contributed by atoms with Gasteiger partial charge in [-0.05, 0) is 37.6 Å². The Labute approximate surface area is 193 Å². The maximum absolute atomic E-state index is 13.2. The van der Waals surface area contributed by atoms with E-state index in [1.54, 1.807) is 18.4 Å². The smallest absolute Gasteiger partial charge is 0.294 e. The number of benzene rings is 1. The molecule has 0 saturated carbocycles. The van der Waals surface area contributed by atoms with Gasteiger partial charge in [0.15, 0.2) is 16.4 Å². The van der Waals surface area contributed by atoms with E-state index >= 15 is 0 Å². The third kappa shape index (κ3) is 4.27. The molecule has 1 amide bonds. The molecular formula is C23H23N5O4S. The fraction of sp³-hybridized carbons (Fsp3) is 0.304. The summed E-state index contributed by atoms with van der Waals surface area (Å²) >= 11 is 1.40. The molecule has 0 unspecified atom stereocenters. The first-order valence-electron chi connectivity index (χ1n) is 10.6. The highest BCUT2D eigenvalue weighted by atomic mass is 32.1. The molecule has 10 heteroatoms. The molecule has 5 rings (SSSR count). The fourth-order valence-electron chi connectivity index (χ4n) is 3.80. The maximum Gasteiger partial charge on any atom is 0.294 e. The van der Waals surface area contributed by atoms with Gasteiger partial charge >= 0.3 is 0 Å². The van der Waals surface area contributed by atoms with Gasteiger partial charge in [-0.1, -0.05) is 29.0 Å². The summed E-state index contributed by atoms with van der Waals surface area (Å²) in [6, 6.07) is 9.31. The molecule has 3 aromatic heterocycles. The fourth-order valence-corrected chi connectivity index (χ4v) is 4.90. The number of anilines is 2. The van der Waals surface area contributed by atoms with Crippen molar-refractivity contribution < 1.29 is 13.9 Å². The van der Waals surface area contributed by atoms with Crippen molar-refractivity contribution in [2.75, 3.05) is 36.5 Å². The van der Waals surface area contributed by atoms with Gasteiger partial charge in [-0.25, -0.2) is 9.67 Å². The van der Waals surface area contributed by atoms with Gasteiger partial charge in [0, 0.05) is 18.8 Å². The molecule has 170 valence electrons. The Balaban J connectivity index is 1.52. The van der Waals surface area contributed by atoms with E-state index in [-0.39, 0.29) is 18.0 Å². The van der Waals surface area contributed by atoms with Crippen LogP contribution in [0.5, 0.6) is 0 Å². The second-order valence-corrected chi connectivity index (χ2v) is 8.91. The van der Waals surface area contributed by atoms with Crippen molar-refractivity contribution in [1.29, 1.82) is 0 Å². The summed E-state index contributed by atoms with van der Waals surface area (Å²) in [7, 11) is 0. The van der Waals surface area contributed by atoms with Crippen LogP contribution in [0.2, 0.25) is 0 Å². The van der Waals surface area contributed by atoms with E-state index < -0.39 is 5.56 Å². The molecule has 1 fully saturated rings. The van der Waals surface area contributed by atoms with Crippen LogP contribution < -0.4 is 15.8 Å². The van der Waals surface area contributed by atoms with Crippen molar-refractivity contribution in [3.05, 3.63) is 58.1 Å². The molecule has 1 aromatic carbocycles. The average Bonchev–Trinajstić information content (AvgIpc) is 3.49. The largest absolute Gasteiger partial charge is 0.463 e. The minimum absolute atomic E-state index is 0.236. The van der Waals surface area contributed by atoms with Crippen LogP contribution >= 0.6 is 11.3 Å². The van der Waals surface area contributed by atoms with Crippen molar-refractivity contribution >= 4 is 38.3 Å². The van der Waals surface area contributed by atoms with E-state index in [1.807, 2.05) is 32.0 Å². The molecule has 1 saturated heterocycles. The Morgan fingerprint density at radius 3 is 2.76 bits per heavy atom. The Bertz CT molecular complexity index is 1370. The zero-order valence-electron chi connectivity index (χ0n) is 18.3. The summed E-state index contributed by atoms with van der Waals surface area (Å²) in [5.74, 6) is 0.172. The molecule has 0 atom stereocenters. The third-order valence-corrected chi connectivity index (χ3v) is 6.60. The molecule has 33 heavy (non-hydrogen) atoms. The topological polar surface area (TPSA) is 102 Å². The maximum atomic E-state index is 13.2. The zero-order chi connectivity index (χ0) is 22.9. The highest BCUT2D eigenvalue weighted by Crippen LogP contribution is 2.34. The highest BCUT2D eigenvalue weighted by Gasteiger charge is 2.23. The predicted octanol–water partition coefficient (Wildman–Crippen LogP) is 3.21. The number of aromatic nitrogens is 3. The van der Waals surface area contributed by atoms with Crippen LogP contribution in [0.3, 0.4) is 0 Å². The van der Waals surface area contributed by atoms with Crippen LogP contribution in [0.4, 0.5) is 10.8 Å². The van der Waals surface area contributed by atoms with Crippen molar-refractivity contribution in [3.63, 3.8) is 0 Å². The minimum atomic E-state index is -0.410. The van der Waals surface area contributed by atoms with Crippen LogP contribution in [-0.2, 0) is 16.1 Å². The first-order chi connectivity index (χ1) is 16.0. The normalized spacial score (nSPS) is 14.1. The standard InChI is InChI=1S/C23H23N5O4S/c1-14-5-6-16(15(2)12-14)24-18(29)13-28-22(30)20-21(19(26-28)17-4-3-9-32-17)33-23(25-20)27-7-10-31-11-8-27/h3-6,9,12H,7-8,10-11,13H2,1-2H3,(H,24,29). The summed E-state index contributed by atoms with van der Waals surface area (Å²) in [5, 5.41) is 8.10. The highest BCUT2D eigenvalue weighted by molar-refractivity contribution is 7.22. The lowest BCUT2D eigenvalue weighted by molar-refractivity contribution is -0.117. The monoisotopic (exact) mass is 465 g/mol. The number of furan rings is 1. The number of aryl methyl sites for hydroxylation is 2. The van der Waals surface area contributed by atoms with Crippen molar-refractivity contribution in [1.82, 2.24) is 14.8 Å². The van der Waals surface area contributed by atoms with Crippen LogP contribution in [-0.4, -0.2) is 47.0 Å². The van der Waals surface area contributed by atoms with Gasteiger partial charge < -0.3 is 19.4 Å². The van der Waals surface area contributed by atoms with E-state index in [0.29, 0.717) is 48.1 Å². The second-order valence-electron chi connectivity index (χ2n) is 7.93. The number of rotatable bonds is 5. The number of amides is 1. The lowest BCUT2D eigenvalue weighted by Gasteiger charge is -2.25. The Morgan fingerprint density at radius 2 is 2.03 bits per heavy atom. The number of hydrogen-bond acceptors (Lipinski definition) is 8. The van der Waals surface area contributed by atoms with E-state index in [0.717, 1.165) is 20.9 Å². The first kappa shape index (κ1) is 21.4. The van der Waals surface area contributed by atoms with Gasteiger partial charge in [0.05, 0.1) is 24.2 Å². The summed E-state index contributed by atoms with van der Waals surface area (Å²) in [4.78, 5) is 32.7. The van der Waals surface area contributed by atoms with E-state index in [1.165, 1.54) is 11.3 Å². The third-order valence-electron chi connectivity index (χ3n) is 5.47. The van der Waals surface area contributed by atoms with Crippen LogP contribution in [0.1, 0.15) is 11.1 Å². The number of carbonyl (C=O) groups excluding carboxylic acids is 1. The van der Waals surface area contributed by atoms with Gasteiger partial charge in [0.2, 0.25) is 5.91 Å². The molecule has 0 radical (unpaired) electrons. The van der Waals surface area contributed by atoms with Crippen molar-refractivity contribution in [3.8, 4) is 11.5 Å². The Morgan fingerprint density at radius 1 is 1.21 bits per heavy atom. The number of morpholine rings is 1. The molecule has 4 aromatic rings. The van der Waals surface area contributed by atoms with Gasteiger partial charge in [-0.15, -0.1) is 0 Å². The number of ether oxygens (including phenoxy) is 1. The van der Waals surface area contributed by atoms with Gasteiger partial charge in [0.25, 0.3) is 5.56 Å². The molecule has 0 aliphatic carbocycles. The molecule has 9 nitrogen and oxygen atoms in total. The van der Waals surface area contributed by atoms with Crippen molar-refractivity contribution in [2.45, 2.75) is 20.4 Å². The molecule has 4 heterocycles. The summed E-state index contributed by atoms with van der Waals surface area (Å²) in [6.45, 7) is 6.32. The molecule has 1 N–H and O–H groups in total. The SMILES string of the molecule is Cc1ccc(NC(=O)Cn2nc(-c3ccco3)c3sc(N4CCOCC4)nc3c2=O)c(C)c1. The summed E-state index contributed by atoms with van der Waals surface area (Å²) in [6.07, 6.45) is 1.55. The zero-order valence-corrected chi connectivity index (χ0v) is 19.1. The molecular weight excluding hydrogens is 442 g/mol. The predicted molar refractivity (Wildman–Crippen MR) is 127 cm³/mol. The van der Waals surface area contributed by atoms with Gasteiger partial charge in [-0.2, -0.15) is 5.10 Å². The average molecular weight is 466 g/mol. The number of fused-ring (bicyclic) bond motifs is 1. The summed E-state index contributed by atoms with van der Waals surface area (Å²) in [5.41, 5.74) is 3.12. The minimum Gasteiger partial charge on any atom is -0.463 e. The number of carbonyl (C=O) groups is 1. The molecule has 0 spiro atoms. The van der Waals surface area contributed by atoms with E-state index in [9.17, 15) is 9.59 Å². The van der Waals surface area contributed by atoms with Gasteiger partial charge in [-0.3, -0.25) is 9.59 Å².